The topological polar surface area (TPSA) is 53.2 Å². The van der Waals surface area contributed by atoms with Crippen LogP contribution >= 0.6 is 12.2 Å². The molecule has 4 rings (SSSR count). The molecule has 3 aromatic carbocycles. The first-order valence-electron chi connectivity index (χ1n) is 9.17. The summed E-state index contributed by atoms with van der Waals surface area (Å²) in [6, 6.07) is 21.7. The second kappa shape index (κ2) is 7.44. The number of benzene rings is 3. The SMILES string of the molecule is CC1=C(C(=O)Nc2ccccc2C)[C@H](c2cccc3ccccc23)NC(=S)N1. The van der Waals surface area contributed by atoms with Crippen molar-refractivity contribution >= 4 is 39.7 Å². The Morgan fingerprint density at radius 2 is 1.68 bits per heavy atom. The highest BCUT2D eigenvalue weighted by molar-refractivity contribution is 7.80. The number of fused-ring (bicyclic) bond motifs is 1. The molecule has 5 heteroatoms. The van der Waals surface area contributed by atoms with Gasteiger partial charge in [-0.05, 0) is 54.0 Å². The highest BCUT2D eigenvalue weighted by atomic mass is 32.1. The van der Waals surface area contributed by atoms with E-state index in [0.29, 0.717) is 10.7 Å². The van der Waals surface area contributed by atoms with Crippen LogP contribution in [0.1, 0.15) is 24.1 Å². The van der Waals surface area contributed by atoms with Gasteiger partial charge in [0.1, 0.15) is 0 Å². The molecular weight excluding hydrogens is 366 g/mol. The summed E-state index contributed by atoms with van der Waals surface area (Å²) in [5, 5.41) is 12.2. The first kappa shape index (κ1) is 18.2. The average Bonchev–Trinajstić information content (AvgIpc) is 2.68. The second-order valence-electron chi connectivity index (χ2n) is 6.91. The predicted molar refractivity (Wildman–Crippen MR) is 118 cm³/mol. The fourth-order valence-electron chi connectivity index (χ4n) is 3.63. The minimum atomic E-state index is -0.330. The van der Waals surface area contributed by atoms with Crippen LogP contribution in [0.15, 0.2) is 78.0 Å². The average molecular weight is 388 g/mol. The molecular formula is C23H21N3OS. The van der Waals surface area contributed by atoms with Gasteiger partial charge in [-0.2, -0.15) is 0 Å². The molecule has 0 unspecified atom stereocenters. The van der Waals surface area contributed by atoms with Gasteiger partial charge in [-0.15, -0.1) is 0 Å². The fraction of sp³-hybridized carbons (Fsp3) is 0.130. The molecule has 140 valence electrons. The molecule has 0 saturated heterocycles. The van der Waals surface area contributed by atoms with E-state index in [0.717, 1.165) is 33.3 Å². The molecule has 1 amide bonds. The molecule has 3 N–H and O–H groups in total. The monoisotopic (exact) mass is 387 g/mol. The number of aryl methyl sites for hydroxylation is 1. The van der Waals surface area contributed by atoms with Crippen molar-refractivity contribution in [3.63, 3.8) is 0 Å². The molecule has 0 spiro atoms. The number of hydrogen-bond acceptors (Lipinski definition) is 2. The van der Waals surface area contributed by atoms with Crippen LogP contribution < -0.4 is 16.0 Å². The van der Waals surface area contributed by atoms with Crippen LogP contribution in [0.25, 0.3) is 10.8 Å². The first-order valence-corrected chi connectivity index (χ1v) is 9.58. The van der Waals surface area contributed by atoms with Gasteiger partial charge in [0.2, 0.25) is 0 Å². The molecule has 1 aliphatic rings. The lowest BCUT2D eigenvalue weighted by Gasteiger charge is -2.31. The summed E-state index contributed by atoms with van der Waals surface area (Å²) in [4.78, 5) is 13.3. The zero-order valence-corrected chi connectivity index (χ0v) is 16.6. The van der Waals surface area contributed by atoms with Crippen molar-refractivity contribution in [3.05, 3.63) is 89.1 Å². The standard InChI is InChI=1S/C23H21N3OS/c1-14-8-3-6-13-19(14)25-22(27)20-15(2)24-23(28)26-21(20)18-12-7-10-16-9-4-5-11-17(16)18/h3-13,21H,1-2H3,(H,25,27)(H2,24,26,28)/t21-/m0/s1. The lowest BCUT2D eigenvalue weighted by Crippen LogP contribution is -2.45. The number of para-hydroxylation sites is 1. The number of anilines is 1. The number of carbonyl (C=O) groups excluding carboxylic acids is 1. The Balaban J connectivity index is 1.79. The van der Waals surface area contributed by atoms with E-state index in [-0.39, 0.29) is 11.9 Å². The predicted octanol–water partition coefficient (Wildman–Crippen LogP) is 4.58. The number of rotatable bonds is 3. The first-order chi connectivity index (χ1) is 13.5. The van der Waals surface area contributed by atoms with Crippen molar-refractivity contribution in [2.45, 2.75) is 19.9 Å². The van der Waals surface area contributed by atoms with Gasteiger partial charge < -0.3 is 16.0 Å². The summed E-state index contributed by atoms with van der Waals surface area (Å²) in [5.74, 6) is -0.146. The summed E-state index contributed by atoms with van der Waals surface area (Å²) in [6.45, 7) is 3.86. The zero-order valence-electron chi connectivity index (χ0n) is 15.7. The van der Waals surface area contributed by atoms with Crippen LogP contribution in [0, 0.1) is 6.92 Å². The molecule has 0 saturated carbocycles. The maximum Gasteiger partial charge on any atom is 0.255 e. The van der Waals surface area contributed by atoms with Crippen LogP contribution in [0.5, 0.6) is 0 Å². The third-order valence-electron chi connectivity index (χ3n) is 5.04. The Kier molecular flexibility index (Phi) is 4.84. The largest absolute Gasteiger partial charge is 0.351 e. The van der Waals surface area contributed by atoms with Gasteiger partial charge >= 0.3 is 0 Å². The maximum atomic E-state index is 13.3. The molecule has 0 aromatic heterocycles. The Morgan fingerprint density at radius 3 is 2.50 bits per heavy atom. The summed E-state index contributed by atoms with van der Waals surface area (Å²) in [5.41, 5.74) is 4.23. The van der Waals surface area contributed by atoms with Crippen LogP contribution in [0.4, 0.5) is 5.69 Å². The number of amides is 1. The minimum absolute atomic E-state index is 0.146. The molecule has 0 radical (unpaired) electrons. The summed E-state index contributed by atoms with van der Waals surface area (Å²) in [6.07, 6.45) is 0. The Hall–Kier alpha value is -3.18. The van der Waals surface area contributed by atoms with Gasteiger partial charge in [0, 0.05) is 11.4 Å². The molecule has 4 nitrogen and oxygen atoms in total. The van der Waals surface area contributed by atoms with Gasteiger partial charge in [0.15, 0.2) is 5.11 Å². The third kappa shape index (κ3) is 3.37. The third-order valence-corrected chi connectivity index (χ3v) is 5.26. The Morgan fingerprint density at radius 1 is 0.964 bits per heavy atom. The van der Waals surface area contributed by atoms with E-state index in [4.69, 9.17) is 12.2 Å². The van der Waals surface area contributed by atoms with Gasteiger partial charge in [0.05, 0.1) is 11.6 Å². The van der Waals surface area contributed by atoms with E-state index in [9.17, 15) is 4.79 Å². The minimum Gasteiger partial charge on any atom is -0.351 e. The molecule has 3 aromatic rings. The van der Waals surface area contributed by atoms with Gasteiger partial charge in [-0.25, -0.2) is 0 Å². The van der Waals surface area contributed by atoms with Crippen molar-refractivity contribution in [2.24, 2.45) is 0 Å². The number of allylic oxidation sites excluding steroid dienone is 1. The smallest absolute Gasteiger partial charge is 0.255 e. The van der Waals surface area contributed by atoms with Crippen molar-refractivity contribution in [1.82, 2.24) is 10.6 Å². The number of thiocarbonyl (C=S) groups is 1. The van der Waals surface area contributed by atoms with Gasteiger partial charge in [-0.3, -0.25) is 4.79 Å². The van der Waals surface area contributed by atoms with Crippen LogP contribution in [-0.2, 0) is 4.79 Å². The van der Waals surface area contributed by atoms with Crippen molar-refractivity contribution in [2.75, 3.05) is 5.32 Å². The van der Waals surface area contributed by atoms with E-state index < -0.39 is 0 Å². The highest BCUT2D eigenvalue weighted by Gasteiger charge is 2.31. The number of carbonyl (C=O) groups is 1. The molecule has 0 aliphatic carbocycles. The van der Waals surface area contributed by atoms with Crippen molar-refractivity contribution < 1.29 is 4.79 Å². The molecule has 1 atom stereocenters. The Labute approximate surface area is 169 Å². The maximum absolute atomic E-state index is 13.3. The summed E-state index contributed by atoms with van der Waals surface area (Å²) >= 11 is 5.38. The normalized spacial score (nSPS) is 16.5. The number of hydrogen-bond donors (Lipinski definition) is 3. The molecule has 1 aliphatic heterocycles. The molecule has 0 bridgehead atoms. The van der Waals surface area contributed by atoms with E-state index in [2.05, 4.69) is 34.1 Å². The highest BCUT2D eigenvalue weighted by Crippen LogP contribution is 2.32. The summed E-state index contributed by atoms with van der Waals surface area (Å²) < 4.78 is 0. The summed E-state index contributed by atoms with van der Waals surface area (Å²) in [7, 11) is 0. The second-order valence-corrected chi connectivity index (χ2v) is 7.32. The quantitative estimate of drug-likeness (QED) is 0.576. The fourth-order valence-corrected chi connectivity index (χ4v) is 3.90. The van der Waals surface area contributed by atoms with Crippen LogP contribution in [0.3, 0.4) is 0 Å². The van der Waals surface area contributed by atoms with Crippen LogP contribution in [0.2, 0.25) is 0 Å². The lowest BCUT2D eigenvalue weighted by atomic mass is 9.91. The molecule has 0 fully saturated rings. The Bertz CT molecular complexity index is 1110. The molecule has 1 heterocycles. The van der Waals surface area contributed by atoms with Crippen molar-refractivity contribution in [3.8, 4) is 0 Å². The zero-order chi connectivity index (χ0) is 19.7. The van der Waals surface area contributed by atoms with E-state index in [1.807, 2.05) is 62.4 Å². The van der Waals surface area contributed by atoms with Gasteiger partial charge in [0.25, 0.3) is 5.91 Å². The number of nitrogens with one attached hydrogen (secondary N) is 3. The lowest BCUT2D eigenvalue weighted by molar-refractivity contribution is -0.113. The van der Waals surface area contributed by atoms with Crippen LogP contribution in [-0.4, -0.2) is 11.0 Å². The van der Waals surface area contributed by atoms with Crippen molar-refractivity contribution in [1.29, 1.82) is 0 Å². The molecule has 28 heavy (non-hydrogen) atoms. The van der Waals surface area contributed by atoms with E-state index in [1.54, 1.807) is 0 Å². The van der Waals surface area contributed by atoms with Gasteiger partial charge in [-0.1, -0.05) is 60.7 Å². The van der Waals surface area contributed by atoms with E-state index in [1.165, 1.54) is 0 Å². The van der Waals surface area contributed by atoms with E-state index >= 15 is 0 Å².